The van der Waals surface area contributed by atoms with Crippen molar-refractivity contribution < 1.29 is 29.0 Å². The van der Waals surface area contributed by atoms with E-state index in [4.69, 9.17) is 9.47 Å². The molecule has 2 amide bonds. The fourth-order valence-electron chi connectivity index (χ4n) is 3.36. The van der Waals surface area contributed by atoms with Gasteiger partial charge in [-0.1, -0.05) is 39.8 Å². The lowest BCUT2D eigenvalue weighted by Gasteiger charge is -2.23. The Kier molecular flexibility index (Phi) is 9.47. The Morgan fingerprint density at radius 1 is 1.30 bits per heavy atom. The Hall–Kier alpha value is -2.40. The van der Waals surface area contributed by atoms with Crippen LogP contribution in [0.5, 0.6) is 0 Å². The molecule has 1 fully saturated rings. The fourth-order valence-corrected chi connectivity index (χ4v) is 5.35. The van der Waals surface area contributed by atoms with Gasteiger partial charge in [0.1, 0.15) is 17.7 Å². The predicted molar refractivity (Wildman–Crippen MR) is 131 cm³/mol. The molecule has 33 heavy (non-hydrogen) atoms. The number of hydrogen-bond donors (Lipinski definition) is 3. The highest BCUT2D eigenvalue weighted by Crippen LogP contribution is 2.49. The summed E-state index contributed by atoms with van der Waals surface area (Å²) in [7, 11) is 3.06. The van der Waals surface area contributed by atoms with Crippen molar-refractivity contribution in [1.29, 1.82) is 0 Å². The third kappa shape index (κ3) is 8.15. The molecule has 2 rings (SSSR count). The molecule has 182 valence electrons. The monoisotopic (exact) mass is 497 g/mol. The first-order valence-electron chi connectivity index (χ1n) is 10.4. The number of alkyl carbamates (subject to hydrolysis) is 2. The number of nitrogens with zero attached hydrogens (tertiary/aromatic N) is 1. The molecule has 11 heteroatoms. The number of carbonyl (C=O) groups excluding carboxylic acids is 2. The van der Waals surface area contributed by atoms with Crippen molar-refractivity contribution in [2.24, 2.45) is 10.9 Å². The Balaban J connectivity index is 1.88. The summed E-state index contributed by atoms with van der Waals surface area (Å²) in [6.45, 7) is 9.01. The van der Waals surface area contributed by atoms with Crippen LogP contribution in [0.3, 0.4) is 0 Å². The van der Waals surface area contributed by atoms with Crippen molar-refractivity contribution in [3.63, 3.8) is 0 Å². The van der Waals surface area contributed by atoms with E-state index in [1.54, 1.807) is 32.9 Å². The maximum atomic E-state index is 12.2. The number of nitrogens with one attached hydrogen (secondary N) is 2. The lowest BCUT2D eigenvalue weighted by molar-refractivity contribution is -0.141. The summed E-state index contributed by atoms with van der Waals surface area (Å²) < 4.78 is 10.5. The smallest absolute Gasteiger partial charge is 0.408 e. The van der Waals surface area contributed by atoms with Crippen LogP contribution in [0.15, 0.2) is 29.3 Å². The van der Waals surface area contributed by atoms with Gasteiger partial charge in [-0.15, -0.1) is 0 Å². The number of carboxylic acid groups (broad SMARTS) is 1. The minimum atomic E-state index is -1.35. The van der Waals surface area contributed by atoms with Crippen LogP contribution in [0.2, 0.25) is 0 Å². The Morgan fingerprint density at radius 3 is 2.61 bits per heavy atom. The van der Waals surface area contributed by atoms with E-state index in [1.807, 2.05) is 18.4 Å². The minimum Gasteiger partial charge on any atom is -0.479 e. The maximum absolute atomic E-state index is 12.2. The lowest BCUT2D eigenvalue weighted by Crippen LogP contribution is -2.47. The van der Waals surface area contributed by atoms with E-state index in [2.05, 4.69) is 22.3 Å². The molecule has 0 heterocycles. The van der Waals surface area contributed by atoms with Crippen LogP contribution < -0.4 is 10.6 Å². The molecule has 1 aliphatic rings. The van der Waals surface area contributed by atoms with Gasteiger partial charge in [0.2, 0.25) is 0 Å². The van der Waals surface area contributed by atoms with Crippen LogP contribution >= 0.6 is 21.6 Å². The number of carboxylic acids is 1. The van der Waals surface area contributed by atoms with Crippen LogP contribution in [0.1, 0.15) is 39.2 Å². The first kappa shape index (κ1) is 26.8. The number of carbonyl (C=O) groups is 3. The van der Waals surface area contributed by atoms with E-state index < -0.39 is 29.3 Å². The van der Waals surface area contributed by atoms with Gasteiger partial charge in [0.05, 0.1) is 5.69 Å². The van der Waals surface area contributed by atoms with E-state index in [1.165, 1.54) is 21.6 Å². The van der Waals surface area contributed by atoms with Gasteiger partial charge in [-0.05, 0) is 58.6 Å². The summed E-state index contributed by atoms with van der Waals surface area (Å²) in [6, 6.07) is 7.24. The summed E-state index contributed by atoms with van der Waals surface area (Å²) in [6.07, 6.45) is 1.39. The predicted octanol–water partition coefficient (Wildman–Crippen LogP) is 4.38. The molecule has 1 aliphatic carbocycles. The number of amides is 2. The largest absolute Gasteiger partial charge is 0.479 e. The second kappa shape index (κ2) is 11.6. The molecule has 0 aliphatic heterocycles. The Labute approximate surface area is 201 Å². The number of ether oxygens (including phenoxy) is 2. The van der Waals surface area contributed by atoms with Gasteiger partial charge in [0.15, 0.2) is 0 Å². The number of hydrogen-bond acceptors (Lipinski definition) is 8. The topological polar surface area (TPSA) is 126 Å². The summed E-state index contributed by atoms with van der Waals surface area (Å²) in [5, 5.41) is 14.9. The number of benzene rings is 1. The molecule has 0 radical (unpaired) electrons. The second-order valence-corrected chi connectivity index (χ2v) is 11.4. The molecule has 0 spiro atoms. The van der Waals surface area contributed by atoms with Gasteiger partial charge < -0.3 is 25.2 Å². The third-order valence-corrected chi connectivity index (χ3v) is 7.20. The van der Waals surface area contributed by atoms with Crippen LogP contribution in [0.4, 0.5) is 15.3 Å². The molecule has 9 nitrogen and oxygen atoms in total. The molecule has 1 aromatic carbocycles. The molecular formula is C22H31N3O6S2. The van der Waals surface area contributed by atoms with E-state index in [9.17, 15) is 19.5 Å². The van der Waals surface area contributed by atoms with E-state index in [0.29, 0.717) is 25.1 Å². The van der Waals surface area contributed by atoms with E-state index >= 15 is 0 Å². The molecule has 0 aromatic heterocycles. The van der Waals surface area contributed by atoms with Gasteiger partial charge in [-0.3, -0.25) is 4.99 Å². The van der Waals surface area contributed by atoms with Gasteiger partial charge in [0.25, 0.3) is 0 Å². The molecule has 1 unspecified atom stereocenters. The Morgan fingerprint density at radius 2 is 2.00 bits per heavy atom. The van der Waals surface area contributed by atoms with Gasteiger partial charge in [0, 0.05) is 17.4 Å². The number of aliphatic imine (C=N–C) groups is 1. The normalized spacial score (nSPS) is 20.3. The van der Waals surface area contributed by atoms with Crippen molar-refractivity contribution in [3.8, 4) is 0 Å². The summed E-state index contributed by atoms with van der Waals surface area (Å²) in [5.74, 6) is -1.36. The SMILES string of the molecule is C=Nc1ccccc1COC(=O)NC[C@H](C[C@@H]1CC1(NC(=O)OC(C)(C)C)C(=O)O)SSC. The van der Waals surface area contributed by atoms with Crippen LogP contribution in [0.25, 0.3) is 0 Å². The molecule has 3 N–H and O–H groups in total. The summed E-state index contributed by atoms with van der Waals surface area (Å²) in [5.41, 5.74) is -0.674. The van der Waals surface area contributed by atoms with Crippen molar-refractivity contribution >= 4 is 52.1 Å². The fraction of sp³-hybridized carbons (Fsp3) is 0.545. The van der Waals surface area contributed by atoms with Crippen molar-refractivity contribution in [2.75, 3.05) is 12.8 Å². The van der Waals surface area contributed by atoms with Crippen LogP contribution in [0, 0.1) is 5.92 Å². The van der Waals surface area contributed by atoms with Gasteiger partial charge in [-0.25, -0.2) is 14.4 Å². The Bertz CT molecular complexity index is 876. The molecule has 1 saturated carbocycles. The maximum Gasteiger partial charge on any atom is 0.408 e. The molecule has 0 saturated heterocycles. The van der Waals surface area contributed by atoms with Crippen LogP contribution in [-0.2, 0) is 20.9 Å². The van der Waals surface area contributed by atoms with Gasteiger partial charge >= 0.3 is 18.2 Å². The van der Waals surface area contributed by atoms with Crippen molar-refractivity contribution in [2.45, 2.75) is 56.6 Å². The van der Waals surface area contributed by atoms with Crippen molar-refractivity contribution in [1.82, 2.24) is 10.6 Å². The quantitative estimate of drug-likeness (QED) is 0.304. The number of aliphatic carboxylic acids is 1. The summed E-state index contributed by atoms with van der Waals surface area (Å²) >= 11 is 0. The zero-order valence-corrected chi connectivity index (χ0v) is 20.9. The lowest BCUT2D eigenvalue weighted by atomic mass is 10.1. The van der Waals surface area contributed by atoms with E-state index in [0.717, 1.165) is 5.56 Å². The summed E-state index contributed by atoms with van der Waals surface area (Å²) in [4.78, 5) is 40.1. The minimum absolute atomic E-state index is 0.0614. The van der Waals surface area contributed by atoms with Crippen LogP contribution in [-0.4, -0.2) is 59.2 Å². The second-order valence-electron chi connectivity index (χ2n) is 8.67. The molecule has 3 atom stereocenters. The van der Waals surface area contributed by atoms with Gasteiger partial charge in [-0.2, -0.15) is 0 Å². The zero-order valence-electron chi connectivity index (χ0n) is 19.3. The van der Waals surface area contributed by atoms with E-state index in [-0.39, 0.29) is 17.8 Å². The standard InChI is InChI=1S/C22H31N3O6S2/c1-21(2,3)31-20(29)25-22(18(26)27)11-15(22)10-16(33-32-5)12-24-19(28)30-13-14-8-6-7-9-17(14)23-4/h6-9,15-16H,4,10-13H2,1-3,5H3,(H,24,28)(H,25,29)(H,26,27)/t15-,16+,22?/m1/s1. The zero-order chi connectivity index (χ0) is 24.6. The third-order valence-electron chi connectivity index (χ3n) is 4.99. The first-order chi connectivity index (χ1) is 15.5. The number of rotatable bonds is 11. The first-order valence-corrected chi connectivity index (χ1v) is 13.0. The average molecular weight is 498 g/mol. The molecule has 0 bridgehead atoms. The number of para-hydroxylation sites is 1. The molecular weight excluding hydrogens is 466 g/mol. The highest BCUT2D eigenvalue weighted by atomic mass is 33.1. The highest BCUT2D eigenvalue weighted by molar-refractivity contribution is 8.76. The van der Waals surface area contributed by atoms with Crippen molar-refractivity contribution in [3.05, 3.63) is 29.8 Å². The molecule has 1 aromatic rings. The highest BCUT2D eigenvalue weighted by Gasteiger charge is 2.62. The average Bonchev–Trinajstić information content (AvgIpc) is 3.42.